The number of rotatable bonds is 7. The van der Waals surface area contributed by atoms with Gasteiger partial charge in [-0.1, -0.05) is 41.5 Å². The molecule has 1 aromatic heterocycles. The van der Waals surface area contributed by atoms with Gasteiger partial charge in [-0.15, -0.1) is 11.8 Å². The van der Waals surface area contributed by atoms with Crippen LogP contribution >= 0.6 is 27.7 Å². The summed E-state index contributed by atoms with van der Waals surface area (Å²) in [4.78, 5) is 16.4. The second kappa shape index (κ2) is 11.1. The summed E-state index contributed by atoms with van der Waals surface area (Å²) in [5.41, 5.74) is 4.17. The van der Waals surface area contributed by atoms with Crippen LogP contribution in [0.2, 0.25) is 0 Å². The van der Waals surface area contributed by atoms with Gasteiger partial charge in [0.15, 0.2) is 0 Å². The third-order valence-electron chi connectivity index (χ3n) is 6.67. The molecule has 8 heteroatoms. The molecule has 0 aliphatic carbocycles. The predicted octanol–water partition coefficient (Wildman–Crippen LogP) is 7.48. The second-order valence-corrected chi connectivity index (χ2v) is 14.0. The summed E-state index contributed by atoms with van der Waals surface area (Å²) in [5.74, 6) is 0.591. The van der Waals surface area contributed by atoms with Gasteiger partial charge in [-0.2, -0.15) is 0 Å². The highest BCUT2D eigenvalue weighted by Gasteiger charge is 2.29. The van der Waals surface area contributed by atoms with Crippen molar-refractivity contribution in [1.29, 1.82) is 0 Å². The minimum absolute atomic E-state index is 0.129. The number of carbonyl (C=O) groups is 1. The molecule has 6 nitrogen and oxygen atoms in total. The molecule has 0 atom stereocenters. The molecule has 0 unspecified atom stereocenters. The first-order valence-corrected chi connectivity index (χ1v) is 14.6. The van der Waals surface area contributed by atoms with Crippen molar-refractivity contribution >= 4 is 44.6 Å². The Morgan fingerprint density at radius 1 is 1.03 bits per heavy atom. The summed E-state index contributed by atoms with van der Waals surface area (Å²) in [6, 6.07) is 5.97. The van der Waals surface area contributed by atoms with Crippen molar-refractivity contribution in [2.45, 2.75) is 76.5 Å². The largest absolute Gasteiger partial charge is 0.507 e. The summed E-state index contributed by atoms with van der Waals surface area (Å²) in [6.07, 6.45) is 0. The molecule has 0 spiro atoms. The van der Waals surface area contributed by atoms with Gasteiger partial charge in [0.05, 0.1) is 22.2 Å². The zero-order valence-electron chi connectivity index (χ0n) is 24.2. The van der Waals surface area contributed by atoms with Crippen LogP contribution in [0.25, 0.3) is 10.9 Å². The van der Waals surface area contributed by atoms with Crippen molar-refractivity contribution in [2.75, 3.05) is 20.7 Å². The first-order valence-electron chi connectivity index (χ1n) is 12.8. The minimum atomic E-state index is -0.396. The van der Waals surface area contributed by atoms with E-state index in [0.29, 0.717) is 39.0 Å². The molecule has 0 bridgehead atoms. The molecule has 208 valence electrons. The van der Waals surface area contributed by atoms with Crippen molar-refractivity contribution in [3.63, 3.8) is 0 Å². The number of aromatic nitrogens is 1. The van der Waals surface area contributed by atoms with Gasteiger partial charge in [-0.25, -0.2) is 4.79 Å². The number of hydrogen-bond donors (Lipinski definition) is 2. The molecule has 38 heavy (non-hydrogen) atoms. The lowest BCUT2D eigenvalue weighted by Gasteiger charge is -2.28. The number of hydrogen-bond acceptors (Lipinski definition) is 6. The number of nitrogens with zero attached hydrogens (tertiary/aromatic N) is 2. The highest BCUT2D eigenvalue weighted by atomic mass is 79.9. The maximum absolute atomic E-state index is 13.4. The third kappa shape index (κ3) is 6.02. The van der Waals surface area contributed by atoms with E-state index in [1.54, 1.807) is 18.7 Å². The molecule has 0 amide bonds. The van der Waals surface area contributed by atoms with Gasteiger partial charge >= 0.3 is 5.97 Å². The van der Waals surface area contributed by atoms with E-state index in [0.717, 1.165) is 27.2 Å². The lowest BCUT2D eigenvalue weighted by molar-refractivity contribution is 0.0527. The molecule has 0 fully saturated rings. The lowest BCUT2D eigenvalue weighted by Crippen LogP contribution is -2.17. The van der Waals surface area contributed by atoms with Gasteiger partial charge in [-0.05, 0) is 66.0 Å². The maximum Gasteiger partial charge on any atom is 0.340 e. The van der Waals surface area contributed by atoms with Crippen LogP contribution in [0.1, 0.15) is 81.2 Å². The molecule has 3 aromatic rings. The smallest absolute Gasteiger partial charge is 0.340 e. The van der Waals surface area contributed by atoms with Crippen LogP contribution in [0.4, 0.5) is 0 Å². The van der Waals surface area contributed by atoms with Crippen molar-refractivity contribution in [2.24, 2.45) is 7.05 Å². The van der Waals surface area contributed by atoms with Gasteiger partial charge < -0.3 is 24.4 Å². The van der Waals surface area contributed by atoms with E-state index in [4.69, 9.17) is 4.74 Å². The molecular formula is C30H41BrN2O4S. The Kier molecular flexibility index (Phi) is 8.91. The standard InChI is InChI=1S/C30H41BrN2O4S/c1-11-37-28(36)25-23(33(10)22-14-21(31)26(34)18(24(22)25)15-32(8)9)16-38-17-12-19(29(2,3)4)27(35)20(13-17)30(5,6)7/h12-14,34-35H,11,15-16H2,1-10H3. The molecule has 0 aliphatic heterocycles. The lowest BCUT2D eigenvalue weighted by atomic mass is 9.79. The van der Waals surface area contributed by atoms with E-state index >= 15 is 0 Å². The summed E-state index contributed by atoms with van der Waals surface area (Å²) in [7, 11) is 5.81. The average Bonchev–Trinajstić information content (AvgIpc) is 3.05. The number of fused-ring (bicyclic) bond motifs is 1. The number of benzene rings is 2. The summed E-state index contributed by atoms with van der Waals surface area (Å²) in [5, 5.41) is 22.8. The van der Waals surface area contributed by atoms with Crippen LogP contribution in [0.3, 0.4) is 0 Å². The number of thioether (sulfide) groups is 1. The fraction of sp³-hybridized carbons (Fsp3) is 0.500. The summed E-state index contributed by atoms with van der Waals surface area (Å²) in [6.45, 7) is 15.1. The van der Waals surface area contributed by atoms with Gasteiger partial charge in [0.2, 0.25) is 0 Å². The minimum Gasteiger partial charge on any atom is -0.507 e. The quantitative estimate of drug-likeness (QED) is 0.215. The van der Waals surface area contributed by atoms with E-state index in [9.17, 15) is 15.0 Å². The molecule has 3 rings (SSSR count). The Bertz CT molecular complexity index is 1330. The van der Waals surface area contributed by atoms with Gasteiger partial charge in [0.25, 0.3) is 0 Å². The predicted molar refractivity (Wildman–Crippen MR) is 161 cm³/mol. The highest BCUT2D eigenvalue weighted by Crippen LogP contribution is 2.44. The van der Waals surface area contributed by atoms with Gasteiger partial charge in [-0.3, -0.25) is 0 Å². The normalized spacial score (nSPS) is 12.5. The van der Waals surface area contributed by atoms with Crippen molar-refractivity contribution in [3.8, 4) is 11.5 Å². The summed E-state index contributed by atoms with van der Waals surface area (Å²) >= 11 is 5.13. The number of phenols is 2. The average molecular weight is 606 g/mol. The third-order valence-corrected chi connectivity index (χ3v) is 8.26. The second-order valence-electron chi connectivity index (χ2n) is 12.1. The number of aryl methyl sites for hydroxylation is 1. The van der Waals surface area contributed by atoms with Crippen molar-refractivity contribution in [1.82, 2.24) is 9.47 Å². The molecule has 0 aliphatic rings. The summed E-state index contributed by atoms with van der Waals surface area (Å²) < 4.78 is 8.12. The number of aromatic hydroxyl groups is 2. The Balaban J connectivity index is 2.23. The zero-order chi connectivity index (χ0) is 28.7. The molecule has 0 radical (unpaired) electrons. The number of halogens is 1. The van der Waals surface area contributed by atoms with Gasteiger partial charge in [0.1, 0.15) is 11.5 Å². The van der Waals surface area contributed by atoms with E-state index < -0.39 is 5.97 Å². The monoisotopic (exact) mass is 604 g/mol. The number of esters is 1. The zero-order valence-corrected chi connectivity index (χ0v) is 26.6. The van der Waals surface area contributed by atoms with Crippen LogP contribution in [0, 0.1) is 0 Å². The number of ether oxygens (including phenoxy) is 1. The molecule has 2 N–H and O–H groups in total. The maximum atomic E-state index is 13.4. The fourth-order valence-electron chi connectivity index (χ4n) is 4.73. The van der Waals surface area contributed by atoms with E-state index in [1.807, 2.05) is 36.7 Å². The van der Waals surface area contributed by atoms with E-state index in [-0.39, 0.29) is 23.2 Å². The Morgan fingerprint density at radius 3 is 2.05 bits per heavy atom. The first-order chi connectivity index (χ1) is 17.5. The Morgan fingerprint density at radius 2 is 1.58 bits per heavy atom. The topological polar surface area (TPSA) is 74.9 Å². The molecule has 0 saturated carbocycles. The van der Waals surface area contributed by atoms with E-state index in [2.05, 4.69) is 69.6 Å². The number of carbonyl (C=O) groups excluding carboxylic acids is 1. The SMILES string of the molecule is CCOC(=O)c1c(CSc2cc(C(C)(C)C)c(O)c(C(C)(C)C)c2)n(C)c2cc(Br)c(O)c(CN(C)C)c12. The van der Waals surface area contributed by atoms with Crippen LogP contribution in [0.5, 0.6) is 11.5 Å². The Hall–Kier alpha value is -2.16. The number of phenolic OH excluding ortho intramolecular Hbond substituents is 2. The van der Waals surface area contributed by atoms with Crippen LogP contribution in [-0.2, 0) is 34.9 Å². The van der Waals surface area contributed by atoms with E-state index in [1.165, 1.54) is 0 Å². The molecular weight excluding hydrogens is 564 g/mol. The first kappa shape index (κ1) is 30.4. The molecule has 2 aromatic carbocycles. The molecule has 0 saturated heterocycles. The Labute approximate surface area is 239 Å². The highest BCUT2D eigenvalue weighted by molar-refractivity contribution is 9.10. The van der Waals surface area contributed by atoms with Crippen LogP contribution in [0.15, 0.2) is 27.6 Å². The van der Waals surface area contributed by atoms with Crippen molar-refractivity contribution in [3.05, 3.63) is 50.6 Å². The fourth-order valence-corrected chi connectivity index (χ4v) is 6.23. The van der Waals surface area contributed by atoms with Crippen molar-refractivity contribution < 1.29 is 19.7 Å². The van der Waals surface area contributed by atoms with Gasteiger partial charge in [0, 0.05) is 52.0 Å². The van der Waals surface area contributed by atoms with Crippen LogP contribution < -0.4 is 0 Å². The molecule has 1 heterocycles. The van der Waals surface area contributed by atoms with Crippen LogP contribution in [-0.4, -0.2) is 46.4 Å².